The summed E-state index contributed by atoms with van der Waals surface area (Å²) in [4.78, 5) is 10.3. The van der Waals surface area contributed by atoms with Gasteiger partial charge in [-0.2, -0.15) is 0 Å². The Balaban J connectivity index is -0.000000563. The monoisotopic (exact) mass is 239 g/mol. The molecule has 0 radical (unpaired) electrons. The largest absolute Gasteiger partial charge is 1.00 e. The summed E-state index contributed by atoms with van der Waals surface area (Å²) in [6.07, 6.45) is 0.211. The van der Waals surface area contributed by atoms with E-state index >= 15 is 0 Å². The van der Waals surface area contributed by atoms with E-state index in [1.165, 1.54) is 12.1 Å². The molecule has 0 aliphatic rings. The van der Waals surface area contributed by atoms with Crippen LogP contribution < -0.4 is 40.4 Å². The minimum Gasteiger partial charge on any atom is -0.548 e. The van der Waals surface area contributed by atoms with Crippen molar-refractivity contribution in [1.29, 1.82) is 0 Å². The molecule has 1 aromatic rings. The van der Waals surface area contributed by atoms with Crippen LogP contribution in [0.2, 0.25) is 0 Å². The van der Waals surface area contributed by atoms with E-state index in [2.05, 4.69) is 0 Å². The van der Waals surface area contributed by atoms with Gasteiger partial charge in [-0.15, -0.1) is 0 Å². The van der Waals surface area contributed by atoms with Gasteiger partial charge in [-0.05, 0) is 24.1 Å². The van der Waals surface area contributed by atoms with Crippen LogP contribution in [0.1, 0.15) is 5.56 Å². The van der Waals surface area contributed by atoms with E-state index in [-0.39, 0.29) is 52.7 Å². The van der Waals surface area contributed by atoms with Crippen molar-refractivity contribution in [1.82, 2.24) is 0 Å². The van der Waals surface area contributed by atoms with E-state index in [1.54, 1.807) is 12.1 Å². The van der Waals surface area contributed by atoms with Crippen LogP contribution in [-0.4, -0.2) is 28.1 Å². The summed E-state index contributed by atoms with van der Waals surface area (Å²) in [7, 11) is 0. The number of aliphatic carboxylic acids is 1. The van der Waals surface area contributed by atoms with Crippen molar-refractivity contribution in [2.75, 3.05) is 0 Å². The van der Waals surface area contributed by atoms with Gasteiger partial charge >= 0.3 is 29.6 Å². The summed E-state index contributed by atoms with van der Waals surface area (Å²) in [5, 5.41) is 19.2. The van der Waals surface area contributed by atoms with Crippen LogP contribution in [0.3, 0.4) is 0 Å². The topological polar surface area (TPSA) is 149 Å². The first kappa shape index (κ1) is 20.7. The van der Waals surface area contributed by atoms with E-state index < -0.39 is 12.0 Å². The second-order valence-electron chi connectivity index (χ2n) is 2.80. The molecule has 0 bridgehead atoms. The van der Waals surface area contributed by atoms with Crippen molar-refractivity contribution in [3.8, 4) is 5.75 Å². The zero-order valence-electron chi connectivity index (χ0n) is 8.93. The summed E-state index contributed by atoms with van der Waals surface area (Å²) < 4.78 is 0. The first-order chi connectivity index (χ1) is 6.09. The van der Waals surface area contributed by atoms with Crippen LogP contribution >= 0.6 is 0 Å². The molecule has 1 aromatic carbocycles. The number of carbonyl (C=O) groups is 1. The molecule has 0 fully saturated rings. The molecule has 0 heterocycles. The summed E-state index contributed by atoms with van der Waals surface area (Å²) >= 11 is 0. The van der Waals surface area contributed by atoms with Gasteiger partial charge in [0.25, 0.3) is 0 Å². The van der Waals surface area contributed by atoms with Crippen LogP contribution in [0.25, 0.3) is 0 Å². The van der Waals surface area contributed by atoms with Crippen LogP contribution in [0, 0.1) is 0 Å². The quantitative estimate of drug-likeness (QED) is 0.505. The SMILES string of the molecule is N[C@@H](Cc1ccc(O)cc1)C(=O)[O-].O.O.[Na+]. The van der Waals surface area contributed by atoms with E-state index in [4.69, 9.17) is 10.8 Å². The third-order valence-electron chi connectivity index (χ3n) is 1.69. The van der Waals surface area contributed by atoms with Gasteiger partial charge in [0, 0.05) is 6.04 Å². The Morgan fingerprint density at radius 1 is 1.31 bits per heavy atom. The first-order valence-electron chi connectivity index (χ1n) is 3.84. The molecule has 6 nitrogen and oxygen atoms in total. The molecule has 86 valence electrons. The van der Waals surface area contributed by atoms with Crippen LogP contribution in [0.4, 0.5) is 0 Å². The Labute approximate surface area is 115 Å². The van der Waals surface area contributed by atoms with Crippen molar-refractivity contribution in [3.63, 3.8) is 0 Å². The van der Waals surface area contributed by atoms with Gasteiger partial charge in [0.2, 0.25) is 0 Å². The van der Waals surface area contributed by atoms with Gasteiger partial charge in [0.1, 0.15) is 5.75 Å². The predicted octanol–water partition coefficient (Wildman–Crippen LogP) is -5.63. The average Bonchev–Trinajstić information content (AvgIpc) is 2.08. The normalized spacial score (nSPS) is 10.1. The number of carboxylic acids is 1. The first-order valence-corrected chi connectivity index (χ1v) is 3.84. The third kappa shape index (κ3) is 6.78. The number of rotatable bonds is 3. The molecule has 0 unspecified atom stereocenters. The van der Waals surface area contributed by atoms with Gasteiger partial charge < -0.3 is 31.7 Å². The maximum Gasteiger partial charge on any atom is 1.00 e. The molecule has 0 saturated heterocycles. The van der Waals surface area contributed by atoms with Crippen molar-refractivity contribution in [2.45, 2.75) is 12.5 Å². The summed E-state index contributed by atoms with van der Waals surface area (Å²) in [5.74, 6) is -1.13. The molecule has 1 atom stereocenters. The molecule has 0 aliphatic heterocycles. The van der Waals surface area contributed by atoms with Crippen LogP contribution in [0.5, 0.6) is 5.75 Å². The number of nitrogens with two attached hydrogens (primary N) is 1. The molecule has 0 spiro atoms. The number of phenols is 1. The van der Waals surface area contributed by atoms with E-state index in [1.807, 2.05) is 0 Å². The number of carbonyl (C=O) groups excluding carboxylic acids is 1. The molecule has 7 N–H and O–H groups in total. The molecule has 0 saturated carbocycles. The maximum absolute atomic E-state index is 10.3. The number of carboxylic acid groups (broad SMARTS) is 1. The Kier molecular flexibility index (Phi) is 12.4. The second-order valence-corrected chi connectivity index (χ2v) is 2.80. The summed E-state index contributed by atoms with van der Waals surface area (Å²) in [6, 6.07) is 5.22. The van der Waals surface area contributed by atoms with Gasteiger partial charge in [-0.25, -0.2) is 0 Å². The van der Waals surface area contributed by atoms with Gasteiger partial charge in [0.05, 0.1) is 5.97 Å². The fourth-order valence-corrected chi connectivity index (χ4v) is 0.969. The molecule has 16 heavy (non-hydrogen) atoms. The zero-order valence-corrected chi connectivity index (χ0v) is 10.9. The van der Waals surface area contributed by atoms with Crippen LogP contribution in [-0.2, 0) is 11.2 Å². The molecule has 0 aromatic heterocycles. The second kappa shape index (κ2) is 9.59. The standard InChI is InChI=1S/C9H11NO3.Na.2H2O/c10-8(9(12)13)5-6-1-3-7(11)4-2-6;;;/h1-4,8,11H,5,10H2,(H,12,13);;2*1H2/q;+1;;/p-1/t8-;;;/m0.../s1. The Morgan fingerprint density at radius 3 is 2.12 bits per heavy atom. The Hall–Kier alpha value is -0.630. The number of phenolic OH excluding ortho intramolecular Hbond substituents is 1. The van der Waals surface area contributed by atoms with E-state index in [0.29, 0.717) is 0 Å². The molecule has 0 amide bonds. The van der Waals surface area contributed by atoms with Gasteiger partial charge in [0.15, 0.2) is 0 Å². The third-order valence-corrected chi connectivity index (χ3v) is 1.69. The minimum absolute atomic E-state index is 0. The maximum atomic E-state index is 10.3. The number of benzene rings is 1. The Morgan fingerprint density at radius 2 is 1.75 bits per heavy atom. The average molecular weight is 239 g/mol. The molecule has 1 rings (SSSR count). The van der Waals surface area contributed by atoms with Gasteiger partial charge in [-0.3, -0.25) is 0 Å². The molecular formula is C9H14NNaO5. The zero-order chi connectivity index (χ0) is 9.84. The van der Waals surface area contributed by atoms with Crippen molar-refractivity contribution < 1.29 is 55.5 Å². The smallest absolute Gasteiger partial charge is 0.548 e. The molecule has 7 heteroatoms. The van der Waals surface area contributed by atoms with E-state index in [9.17, 15) is 9.90 Å². The Bertz CT molecular complexity index is 303. The van der Waals surface area contributed by atoms with Crippen molar-refractivity contribution in [3.05, 3.63) is 29.8 Å². The van der Waals surface area contributed by atoms with Crippen molar-refractivity contribution >= 4 is 5.97 Å². The van der Waals surface area contributed by atoms with Gasteiger partial charge in [-0.1, -0.05) is 12.1 Å². The molecular weight excluding hydrogens is 225 g/mol. The fraction of sp³-hybridized carbons (Fsp3) is 0.222. The summed E-state index contributed by atoms with van der Waals surface area (Å²) in [5.41, 5.74) is 6.02. The number of hydrogen-bond acceptors (Lipinski definition) is 4. The number of aromatic hydroxyl groups is 1. The van der Waals surface area contributed by atoms with E-state index in [0.717, 1.165) is 5.56 Å². The predicted molar refractivity (Wildman–Crippen MR) is 52.0 cm³/mol. The fourth-order valence-electron chi connectivity index (χ4n) is 0.969. The van der Waals surface area contributed by atoms with Crippen molar-refractivity contribution in [2.24, 2.45) is 5.73 Å². The number of hydrogen-bond donors (Lipinski definition) is 2. The minimum atomic E-state index is -1.27. The summed E-state index contributed by atoms with van der Waals surface area (Å²) in [6.45, 7) is 0. The van der Waals surface area contributed by atoms with Crippen LogP contribution in [0.15, 0.2) is 24.3 Å². The molecule has 0 aliphatic carbocycles.